The monoisotopic (exact) mass is 351 g/mol. The van der Waals surface area contributed by atoms with E-state index in [4.69, 9.17) is 0 Å². The molecule has 3 rings (SSSR count). The van der Waals surface area contributed by atoms with Crippen LogP contribution in [0.15, 0.2) is 83.8 Å². The summed E-state index contributed by atoms with van der Waals surface area (Å²) >= 11 is 0. The fraction of sp³-hybridized carbons (Fsp3) is 0.0500. The predicted octanol–water partition coefficient (Wildman–Crippen LogP) is 3.85. The highest BCUT2D eigenvalue weighted by atomic mass is 32.2. The first kappa shape index (κ1) is 16.9. The fourth-order valence-electron chi connectivity index (χ4n) is 2.68. The van der Waals surface area contributed by atoms with Crippen LogP contribution in [-0.4, -0.2) is 14.3 Å². The maximum atomic E-state index is 12.2. The first-order valence-electron chi connectivity index (χ1n) is 7.76. The highest BCUT2D eigenvalue weighted by Gasteiger charge is 2.16. The van der Waals surface area contributed by atoms with Gasteiger partial charge in [-0.2, -0.15) is 0 Å². The van der Waals surface area contributed by atoms with Crippen molar-refractivity contribution >= 4 is 15.9 Å². The van der Waals surface area contributed by atoms with Gasteiger partial charge in [0.25, 0.3) is 10.0 Å². The van der Waals surface area contributed by atoms with Gasteiger partial charge in [0.2, 0.25) is 5.91 Å². The van der Waals surface area contributed by atoms with Gasteiger partial charge in [0.1, 0.15) is 0 Å². The van der Waals surface area contributed by atoms with Gasteiger partial charge < -0.3 is 0 Å². The van der Waals surface area contributed by atoms with Gasteiger partial charge >= 0.3 is 0 Å². The molecule has 0 aromatic heterocycles. The first-order chi connectivity index (χ1) is 12.0. The minimum absolute atomic E-state index is 0.0584. The number of carbonyl (C=O) groups is 1. The van der Waals surface area contributed by atoms with Crippen LogP contribution in [0.4, 0.5) is 0 Å². The Morgan fingerprint density at radius 2 is 1.32 bits per heavy atom. The number of nitrogens with one attached hydrogen (secondary N) is 1. The van der Waals surface area contributed by atoms with Crippen molar-refractivity contribution < 1.29 is 13.2 Å². The van der Waals surface area contributed by atoms with Crippen molar-refractivity contribution in [1.29, 1.82) is 0 Å². The van der Waals surface area contributed by atoms with E-state index in [0.717, 1.165) is 22.3 Å². The molecule has 0 aliphatic heterocycles. The second kappa shape index (κ2) is 6.91. The van der Waals surface area contributed by atoms with Gasteiger partial charge in [0.15, 0.2) is 0 Å². The Labute approximate surface area is 147 Å². The summed E-state index contributed by atoms with van der Waals surface area (Å²) in [7, 11) is -3.87. The third-order valence-corrected chi connectivity index (χ3v) is 5.18. The molecule has 0 unspecified atom stereocenters. The van der Waals surface area contributed by atoms with Crippen LogP contribution in [0.25, 0.3) is 22.3 Å². The van der Waals surface area contributed by atoms with E-state index in [1.54, 1.807) is 12.1 Å². The Balaban J connectivity index is 2.11. The number of carbonyl (C=O) groups excluding carboxylic acids is 1. The Morgan fingerprint density at radius 3 is 1.96 bits per heavy atom. The Morgan fingerprint density at radius 1 is 0.760 bits per heavy atom. The molecule has 0 aliphatic carbocycles. The van der Waals surface area contributed by atoms with Crippen molar-refractivity contribution in [2.45, 2.75) is 11.8 Å². The first-order valence-corrected chi connectivity index (χ1v) is 9.24. The summed E-state index contributed by atoms with van der Waals surface area (Å²) < 4.78 is 26.5. The average Bonchev–Trinajstić information content (AvgIpc) is 2.61. The maximum absolute atomic E-state index is 12.2. The zero-order valence-corrected chi connectivity index (χ0v) is 14.5. The molecule has 5 heteroatoms. The van der Waals surface area contributed by atoms with Crippen LogP contribution in [0.5, 0.6) is 0 Å². The van der Waals surface area contributed by atoms with E-state index >= 15 is 0 Å². The highest BCUT2D eigenvalue weighted by Crippen LogP contribution is 2.32. The minimum atomic E-state index is -3.87. The Hall–Kier alpha value is -2.92. The molecule has 0 saturated heterocycles. The van der Waals surface area contributed by atoms with Gasteiger partial charge in [-0.3, -0.25) is 4.79 Å². The molecule has 25 heavy (non-hydrogen) atoms. The number of benzene rings is 3. The van der Waals surface area contributed by atoms with Crippen LogP contribution in [0.2, 0.25) is 0 Å². The number of hydrogen-bond acceptors (Lipinski definition) is 3. The van der Waals surface area contributed by atoms with Gasteiger partial charge in [-0.05, 0) is 34.4 Å². The predicted molar refractivity (Wildman–Crippen MR) is 98.3 cm³/mol. The zero-order valence-electron chi connectivity index (χ0n) is 13.6. The summed E-state index contributed by atoms with van der Waals surface area (Å²) in [5.74, 6) is -0.616. The molecule has 3 aromatic rings. The van der Waals surface area contributed by atoms with Crippen molar-refractivity contribution in [3.05, 3.63) is 78.9 Å². The van der Waals surface area contributed by atoms with Crippen LogP contribution in [-0.2, 0) is 14.8 Å². The number of hydrogen-bond donors (Lipinski definition) is 1. The van der Waals surface area contributed by atoms with Crippen molar-refractivity contribution in [2.24, 2.45) is 0 Å². The molecule has 0 saturated carbocycles. The quantitative estimate of drug-likeness (QED) is 0.777. The van der Waals surface area contributed by atoms with E-state index in [9.17, 15) is 13.2 Å². The van der Waals surface area contributed by atoms with Crippen LogP contribution in [0.3, 0.4) is 0 Å². The summed E-state index contributed by atoms with van der Waals surface area (Å²) in [6.45, 7) is 1.17. The molecule has 0 aliphatic rings. The van der Waals surface area contributed by atoms with Gasteiger partial charge in [-0.25, -0.2) is 13.1 Å². The molecule has 0 bridgehead atoms. The van der Waals surface area contributed by atoms with E-state index in [-0.39, 0.29) is 4.90 Å². The maximum Gasteiger partial charge on any atom is 0.264 e. The molecule has 126 valence electrons. The Bertz CT molecular complexity index is 1010. The second-order valence-electron chi connectivity index (χ2n) is 5.60. The summed E-state index contributed by atoms with van der Waals surface area (Å²) in [4.78, 5) is 11.2. The summed E-state index contributed by atoms with van der Waals surface area (Å²) in [5, 5.41) is 0. The molecule has 0 atom stereocenters. The molecule has 1 N–H and O–H groups in total. The minimum Gasteiger partial charge on any atom is -0.274 e. The van der Waals surface area contributed by atoms with Crippen molar-refractivity contribution in [1.82, 2.24) is 4.72 Å². The number of sulfonamides is 1. The van der Waals surface area contributed by atoms with E-state index in [2.05, 4.69) is 0 Å². The van der Waals surface area contributed by atoms with E-state index < -0.39 is 15.9 Å². The lowest BCUT2D eigenvalue weighted by Gasteiger charge is -2.12. The van der Waals surface area contributed by atoms with Crippen molar-refractivity contribution in [2.75, 3.05) is 0 Å². The third-order valence-electron chi connectivity index (χ3n) is 3.75. The smallest absolute Gasteiger partial charge is 0.264 e. The SMILES string of the molecule is CC(=O)NS(=O)(=O)c1cccc(-c2ccccc2-c2ccccc2)c1. The lowest BCUT2D eigenvalue weighted by Crippen LogP contribution is -2.28. The molecule has 4 nitrogen and oxygen atoms in total. The van der Waals surface area contributed by atoms with Crippen LogP contribution in [0.1, 0.15) is 6.92 Å². The highest BCUT2D eigenvalue weighted by molar-refractivity contribution is 7.90. The average molecular weight is 351 g/mol. The van der Waals surface area contributed by atoms with Crippen LogP contribution in [0, 0.1) is 0 Å². The standard InChI is InChI=1S/C20H17NO3S/c1-15(22)21-25(23,24)18-11-7-10-17(14-18)20-13-6-5-12-19(20)16-8-3-2-4-9-16/h2-14H,1H3,(H,21,22). The lowest BCUT2D eigenvalue weighted by atomic mass is 9.95. The number of rotatable bonds is 4. The normalized spacial score (nSPS) is 11.1. The molecule has 1 amide bonds. The van der Waals surface area contributed by atoms with Gasteiger partial charge in [-0.15, -0.1) is 0 Å². The van der Waals surface area contributed by atoms with Crippen LogP contribution < -0.4 is 4.72 Å². The molecule has 0 radical (unpaired) electrons. The summed E-state index contributed by atoms with van der Waals surface area (Å²) in [5.41, 5.74) is 3.75. The zero-order chi connectivity index (χ0) is 17.9. The van der Waals surface area contributed by atoms with Crippen molar-refractivity contribution in [3.63, 3.8) is 0 Å². The topological polar surface area (TPSA) is 63.2 Å². The molecular formula is C20H17NO3S. The molecule has 3 aromatic carbocycles. The van der Waals surface area contributed by atoms with E-state index in [1.807, 2.05) is 65.4 Å². The third kappa shape index (κ3) is 3.78. The van der Waals surface area contributed by atoms with Crippen LogP contribution >= 0.6 is 0 Å². The second-order valence-corrected chi connectivity index (χ2v) is 7.28. The molecular weight excluding hydrogens is 334 g/mol. The van der Waals surface area contributed by atoms with Gasteiger partial charge in [0, 0.05) is 6.92 Å². The Kier molecular flexibility index (Phi) is 4.67. The van der Waals surface area contributed by atoms with E-state index in [0.29, 0.717) is 0 Å². The molecule has 0 spiro atoms. The number of amides is 1. The summed E-state index contributed by atoms with van der Waals surface area (Å²) in [6, 6.07) is 24.3. The van der Waals surface area contributed by atoms with E-state index in [1.165, 1.54) is 13.0 Å². The molecule has 0 heterocycles. The fourth-order valence-corrected chi connectivity index (χ4v) is 3.72. The molecule has 0 fully saturated rings. The largest absolute Gasteiger partial charge is 0.274 e. The lowest BCUT2D eigenvalue weighted by molar-refractivity contribution is -0.117. The van der Waals surface area contributed by atoms with Crippen molar-refractivity contribution in [3.8, 4) is 22.3 Å². The van der Waals surface area contributed by atoms with Gasteiger partial charge in [0.05, 0.1) is 4.90 Å². The summed E-state index contributed by atoms with van der Waals surface area (Å²) in [6.07, 6.45) is 0. The van der Waals surface area contributed by atoms with Gasteiger partial charge in [-0.1, -0.05) is 66.7 Å².